The standard InChI is InChI=1S/C26H31ClN2O/c27-24-11-9-22(10-12-24)20-25-6-4-5-15-29(25)21-23-13-16-28(17-14-23)18-19-30-26-7-2-1-3-8-26/h1-12,15,23,25H,13-14,16-21H2/t25-/m1/s1. The molecule has 2 aromatic rings. The molecule has 3 nitrogen and oxygen atoms in total. The Hall–Kier alpha value is -2.23. The van der Waals surface area contributed by atoms with Crippen molar-refractivity contribution in [2.45, 2.75) is 25.3 Å². The molecule has 4 heteroatoms. The zero-order chi connectivity index (χ0) is 20.6. The highest BCUT2D eigenvalue weighted by molar-refractivity contribution is 6.30. The normalized spacial score (nSPS) is 19.9. The van der Waals surface area contributed by atoms with E-state index in [0.29, 0.717) is 6.04 Å². The Bertz CT molecular complexity index is 826. The lowest BCUT2D eigenvalue weighted by Gasteiger charge is -2.37. The van der Waals surface area contributed by atoms with E-state index in [9.17, 15) is 0 Å². The van der Waals surface area contributed by atoms with Crippen LogP contribution in [0.15, 0.2) is 79.0 Å². The third-order valence-corrected chi connectivity index (χ3v) is 6.35. The lowest BCUT2D eigenvalue weighted by atomic mass is 9.94. The molecule has 0 N–H and O–H groups in total. The van der Waals surface area contributed by atoms with Crippen LogP contribution in [0.3, 0.4) is 0 Å². The van der Waals surface area contributed by atoms with Crippen LogP contribution < -0.4 is 4.74 Å². The maximum absolute atomic E-state index is 6.04. The maximum atomic E-state index is 6.04. The van der Waals surface area contributed by atoms with Gasteiger partial charge in [0.1, 0.15) is 12.4 Å². The highest BCUT2D eigenvalue weighted by Crippen LogP contribution is 2.23. The first kappa shape index (κ1) is 21.0. The number of nitrogens with zero attached hydrogens (tertiary/aromatic N) is 2. The van der Waals surface area contributed by atoms with Crippen molar-refractivity contribution < 1.29 is 4.74 Å². The summed E-state index contributed by atoms with van der Waals surface area (Å²) in [7, 11) is 0. The van der Waals surface area contributed by atoms with Crippen LogP contribution >= 0.6 is 11.6 Å². The summed E-state index contributed by atoms with van der Waals surface area (Å²) in [6.45, 7) is 5.23. The molecule has 2 aliphatic heterocycles. The molecule has 2 aromatic carbocycles. The van der Waals surface area contributed by atoms with Gasteiger partial charge in [0.25, 0.3) is 0 Å². The van der Waals surface area contributed by atoms with Crippen LogP contribution in [-0.4, -0.2) is 48.6 Å². The summed E-state index contributed by atoms with van der Waals surface area (Å²) in [5.41, 5.74) is 1.34. The summed E-state index contributed by atoms with van der Waals surface area (Å²) in [6, 6.07) is 18.8. The van der Waals surface area contributed by atoms with E-state index in [1.165, 1.54) is 18.4 Å². The van der Waals surface area contributed by atoms with Gasteiger partial charge >= 0.3 is 0 Å². The van der Waals surface area contributed by atoms with Gasteiger partial charge in [-0.2, -0.15) is 0 Å². The molecule has 0 aromatic heterocycles. The molecule has 1 atom stereocenters. The largest absolute Gasteiger partial charge is 0.492 e. The number of ether oxygens (including phenoxy) is 1. The van der Waals surface area contributed by atoms with Gasteiger partial charge in [-0.3, -0.25) is 4.90 Å². The van der Waals surface area contributed by atoms with Crippen molar-refractivity contribution in [3.63, 3.8) is 0 Å². The molecule has 2 aliphatic rings. The quantitative estimate of drug-likeness (QED) is 0.564. The molecule has 4 rings (SSSR count). The van der Waals surface area contributed by atoms with Crippen molar-refractivity contribution >= 4 is 11.6 Å². The smallest absolute Gasteiger partial charge is 0.119 e. The number of likely N-dealkylation sites (tertiary alicyclic amines) is 1. The minimum atomic E-state index is 0.425. The van der Waals surface area contributed by atoms with E-state index < -0.39 is 0 Å². The first-order chi connectivity index (χ1) is 14.8. The summed E-state index contributed by atoms with van der Waals surface area (Å²) in [6.07, 6.45) is 12.5. The molecule has 1 fully saturated rings. The molecule has 2 heterocycles. The summed E-state index contributed by atoms with van der Waals surface area (Å²) in [5.74, 6) is 1.71. The molecular formula is C26H31ClN2O. The molecular weight excluding hydrogens is 392 g/mol. The highest BCUT2D eigenvalue weighted by atomic mass is 35.5. The molecule has 158 valence electrons. The average molecular weight is 423 g/mol. The Morgan fingerprint density at radius 3 is 2.47 bits per heavy atom. The Balaban J connectivity index is 1.21. The second kappa shape index (κ2) is 10.7. The Kier molecular flexibility index (Phi) is 7.49. The minimum absolute atomic E-state index is 0.425. The van der Waals surface area contributed by atoms with Gasteiger partial charge in [-0.15, -0.1) is 0 Å². The van der Waals surface area contributed by atoms with E-state index in [4.69, 9.17) is 16.3 Å². The summed E-state index contributed by atoms with van der Waals surface area (Å²) >= 11 is 6.04. The van der Waals surface area contributed by atoms with E-state index in [1.807, 2.05) is 42.5 Å². The van der Waals surface area contributed by atoms with Crippen LogP contribution in [0.5, 0.6) is 5.75 Å². The van der Waals surface area contributed by atoms with Crippen molar-refractivity contribution in [1.29, 1.82) is 0 Å². The number of piperidine rings is 1. The first-order valence-corrected chi connectivity index (χ1v) is 11.4. The molecule has 0 spiro atoms. The predicted molar refractivity (Wildman–Crippen MR) is 125 cm³/mol. The third kappa shape index (κ3) is 6.13. The molecule has 30 heavy (non-hydrogen) atoms. The van der Waals surface area contributed by atoms with E-state index in [-0.39, 0.29) is 0 Å². The second-order valence-corrected chi connectivity index (χ2v) is 8.70. The maximum Gasteiger partial charge on any atom is 0.119 e. The first-order valence-electron chi connectivity index (χ1n) is 11.0. The summed E-state index contributed by atoms with van der Waals surface area (Å²) in [5, 5.41) is 0.801. The van der Waals surface area contributed by atoms with E-state index >= 15 is 0 Å². The summed E-state index contributed by atoms with van der Waals surface area (Å²) < 4.78 is 5.86. The lowest BCUT2D eigenvalue weighted by Crippen LogP contribution is -2.42. The number of hydrogen-bond acceptors (Lipinski definition) is 3. The number of allylic oxidation sites excluding steroid dienone is 2. The lowest BCUT2D eigenvalue weighted by molar-refractivity contribution is 0.134. The van der Waals surface area contributed by atoms with Gasteiger partial charge in [-0.25, -0.2) is 0 Å². The fourth-order valence-corrected chi connectivity index (χ4v) is 4.44. The highest BCUT2D eigenvalue weighted by Gasteiger charge is 2.23. The topological polar surface area (TPSA) is 15.7 Å². The van der Waals surface area contributed by atoms with Crippen LogP contribution in [0.25, 0.3) is 0 Å². The SMILES string of the molecule is Clc1ccc(C[C@H]2C=CC=CN2CC2CCN(CCOc3ccccc3)CC2)cc1. The van der Waals surface area contributed by atoms with Crippen LogP contribution in [0.1, 0.15) is 18.4 Å². The molecule has 0 amide bonds. The molecule has 0 bridgehead atoms. The number of benzene rings is 2. The van der Waals surface area contributed by atoms with Crippen molar-refractivity contribution in [2.75, 3.05) is 32.8 Å². The summed E-state index contributed by atoms with van der Waals surface area (Å²) in [4.78, 5) is 5.06. The van der Waals surface area contributed by atoms with E-state index in [0.717, 1.165) is 55.9 Å². The van der Waals surface area contributed by atoms with Gasteiger partial charge in [0, 0.05) is 18.1 Å². The van der Waals surface area contributed by atoms with Crippen LogP contribution in [0, 0.1) is 5.92 Å². The van der Waals surface area contributed by atoms with Gasteiger partial charge < -0.3 is 9.64 Å². The zero-order valence-corrected chi connectivity index (χ0v) is 18.3. The molecule has 1 saturated heterocycles. The number of halogens is 1. The van der Waals surface area contributed by atoms with Gasteiger partial charge in [-0.1, -0.05) is 54.1 Å². The predicted octanol–water partition coefficient (Wildman–Crippen LogP) is 5.43. The number of para-hydroxylation sites is 1. The van der Waals surface area contributed by atoms with Gasteiger partial charge in [0.2, 0.25) is 0 Å². The number of rotatable bonds is 8. The van der Waals surface area contributed by atoms with Gasteiger partial charge in [0.15, 0.2) is 0 Å². The Morgan fingerprint density at radius 2 is 1.70 bits per heavy atom. The van der Waals surface area contributed by atoms with Crippen molar-refractivity contribution in [3.8, 4) is 5.75 Å². The van der Waals surface area contributed by atoms with Crippen LogP contribution in [-0.2, 0) is 6.42 Å². The van der Waals surface area contributed by atoms with Gasteiger partial charge in [0.05, 0.1) is 6.04 Å². The minimum Gasteiger partial charge on any atom is -0.492 e. The van der Waals surface area contributed by atoms with E-state index in [2.05, 4.69) is 46.4 Å². The van der Waals surface area contributed by atoms with Crippen molar-refractivity contribution in [3.05, 3.63) is 89.6 Å². The Morgan fingerprint density at radius 1 is 0.933 bits per heavy atom. The van der Waals surface area contributed by atoms with E-state index in [1.54, 1.807) is 0 Å². The molecule has 0 unspecified atom stereocenters. The number of hydrogen-bond donors (Lipinski definition) is 0. The average Bonchev–Trinajstić information content (AvgIpc) is 2.79. The second-order valence-electron chi connectivity index (χ2n) is 8.27. The zero-order valence-electron chi connectivity index (χ0n) is 17.5. The fourth-order valence-electron chi connectivity index (χ4n) is 4.32. The molecule has 0 aliphatic carbocycles. The monoisotopic (exact) mass is 422 g/mol. The van der Waals surface area contributed by atoms with Crippen LogP contribution in [0.2, 0.25) is 5.02 Å². The van der Waals surface area contributed by atoms with Crippen molar-refractivity contribution in [1.82, 2.24) is 9.80 Å². The fraction of sp³-hybridized carbons (Fsp3) is 0.385. The van der Waals surface area contributed by atoms with Crippen molar-refractivity contribution in [2.24, 2.45) is 5.92 Å². The van der Waals surface area contributed by atoms with Gasteiger partial charge in [-0.05, 0) is 80.4 Å². The Labute approximate surface area is 185 Å². The third-order valence-electron chi connectivity index (χ3n) is 6.10. The molecule has 0 saturated carbocycles. The van der Waals surface area contributed by atoms with Crippen LogP contribution in [0.4, 0.5) is 0 Å². The molecule has 0 radical (unpaired) electrons.